The smallest absolute Gasteiger partial charge is 0.260 e. The summed E-state index contributed by atoms with van der Waals surface area (Å²) >= 11 is 0. The van der Waals surface area contributed by atoms with E-state index in [1.165, 1.54) is 0 Å². The summed E-state index contributed by atoms with van der Waals surface area (Å²) in [6.45, 7) is 2.89. The Balaban J connectivity index is 1.31. The molecule has 4 rings (SSSR count). The van der Waals surface area contributed by atoms with Crippen molar-refractivity contribution in [3.63, 3.8) is 0 Å². The first-order valence-electron chi connectivity index (χ1n) is 8.72. The van der Waals surface area contributed by atoms with Gasteiger partial charge >= 0.3 is 0 Å². The highest BCUT2D eigenvalue weighted by atomic mass is 16.5. The molecule has 0 radical (unpaired) electrons. The number of hydrogen-bond donors (Lipinski definition) is 0. The Labute approximate surface area is 152 Å². The van der Waals surface area contributed by atoms with E-state index in [9.17, 15) is 4.79 Å². The van der Waals surface area contributed by atoms with Crippen LogP contribution in [-0.2, 0) is 4.79 Å². The van der Waals surface area contributed by atoms with Gasteiger partial charge in [0.05, 0.1) is 0 Å². The van der Waals surface area contributed by atoms with Crippen molar-refractivity contribution in [1.82, 2.24) is 15.1 Å². The monoisotopic (exact) mass is 348 g/mol. The third kappa shape index (κ3) is 3.59. The third-order valence-corrected chi connectivity index (χ3v) is 4.60. The second kappa shape index (κ2) is 7.39. The van der Waals surface area contributed by atoms with E-state index in [0.29, 0.717) is 13.1 Å². The van der Waals surface area contributed by atoms with E-state index >= 15 is 0 Å². The highest BCUT2D eigenvalue weighted by Gasteiger charge is 2.22. The molecule has 1 aliphatic heterocycles. The van der Waals surface area contributed by atoms with Crippen molar-refractivity contribution in [2.75, 3.05) is 37.7 Å². The molecule has 0 bridgehead atoms. The van der Waals surface area contributed by atoms with Crippen LogP contribution < -0.4 is 9.64 Å². The van der Waals surface area contributed by atoms with Gasteiger partial charge in [-0.3, -0.25) is 4.79 Å². The first-order valence-corrected chi connectivity index (χ1v) is 8.72. The minimum absolute atomic E-state index is 0.0111. The van der Waals surface area contributed by atoms with Gasteiger partial charge in [0, 0.05) is 32.4 Å². The predicted octanol–water partition coefficient (Wildman–Crippen LogP) is 2.36. The molecule has 0 unspecified atom stereocenters. The van der Waals surface area contributed by atoms with Gasteiger partial charge in [-0.2, -0.15) is 5.10 Å². The van der Waals surface area contributed by atoms with Crippen LogP contribution in [0, 0.1) is 0 Å². The maximum absolute atomic E-state index is 12.4. The number of benzene rings is 2. The maximum Gasteiger partial charge on any atom is 0.260 e. The number of piperazine rings is 1. The molecule has 6 nitrogen and oxygen atoms in total. The molecule has 3 aromatic rings. The molecule has 1 amide bonds. The van der Waals surface area contributed by atoms with E-state index in [1.807, 2.05) is 53.4 Å². The minimum atomic E-state index is 0.0111. The van der Waals surface area contributed by atoms with Crippen LogP contribution in [0.1, 0.15) is 0 Å². The number of carbonyl (C=O) groups is 1. The first kappa shape index (κ1) is 16.3. The van der Waals surface area contributed by atoms with Crippen LogP contribution in [-0.4, -0.2) is 53.8 Å². The average molecular weight is 348 g/mol. The molecule has 0 spiro atoms. The number of carbonyl (C=O) groups excluding carboxylic acids is 1. The van der Waals surface area contributed by atoms with Crippen molar-refractivity contribution in [1.29, 1.82) is 0 Å². The molecular weight excluding hydrogens is 328 g/mol. The highest BCUT2D eigenvalue weighted by Crippen LogP contribution is 2.20. The molecule has 1 aromatic heterocycles. The van der Waals surface area contributed by atoms with Gasteiger partial charge in [-0.25, -0.2) is 0 Å². The van der Waals surface area contributed by atoms with Gasteiger partial charge < -0.3 is 14.5 Å². The predicted molar refractivity (Wildman–Crippen MR) is 100 cm³/mol. The van der Waals surface area contributed by atoms with E-state index in [2.05, 4.69) is 21.2 Å². The molecule has 1 fully saturated rings. The summed E-state index contributed by atoms with van der Waals surface area (Å²) < 4.78 is 5.71. The Hall–Kier alpha value is -3.15. The lowest BCUT2D eigenvalue weighted by Gasteiger charge is -2.35. The summed E-state index contributed by atoms with van der Waals surface area (Å²) in [5.41, 5.74) is 0. The topological polar surface area (TPSA) is 58.6 Å². The quantitative estimate of drug-likeness (QED) is 0.724. The van der Waals surface area contributed by atoms with Gasteiger partial charge in [-0.15, -0.1) is 5.10 Å². The molecule has 1 saturated heterocycles. The van der Waals surface area contributed by atoms with Crippen LogP contribution in [0.15, 0.2) is 60.8 Å². The fraction of sp³-hybridized carbons (Fsp3) is 0.250. The second-order valence-electron chi connectivity index (χ2n) is 6.25. The van der Waals surface area contributed by atoms with Crippen molar-refractivity contribution in [2.24, 2.45) is 0 Å². The molecule has 0 aliphatic carbocycles. The molecule has 26 heavy (non-hydrogen) atoms. The van der Waals surface area contributed by atoms with Gasteiger partial charge in [0.15, 0.2) is 12.4 Å². The number of fused-ring (bicyclic) bond motifs is 1. The number of anilines is 1. The lowest BCUT2D eigenvalue weighted by atomic mass is 10.1. The summed E-state index contributed by atoms with van der Waals surface area (Å²) in [4.78, 5) is 16.4. The van der Waals surface area contributed by atoms with E-state index < -0.39 is 0 Å². The number of aromatic nitrogens is 2. The number of hydrogen-bond acceptors (Lipinski definition) is 5. The number of nitrogens with zero attached hydrogens (tertiary/aromatic N) is 4. The van der Waals surface area contributed by atoms with Gasteiger partial charge in [-0.05, 0) is 35.0 Å². The van der Waals surface area contributed by atoms with Gasteiger partial charge in [0.2, 0.25) is 0 Å². The maximum atomic E-state index is 12.4. The fourth-order valence-electron chi connectivity index (χ4n) is 3.14. The average Bonchev–Trinajstić information content (AvgIpc) is 2.72. The largest absolute Gasteiger partial charge is 0.484 e. The Bertz CT molecular complexity index is 892. The molecule has 0 N–H and O–H groups in total. The summed E-state index contributed by atoms with van der Waals surface area (Å²) in [5.74, 6) is 1.58. The minimum Gasteiger partial charge on any atom is -0.484 e. The second-order valence-corrected chi connectivity index (χ2v) is 6.25. The van der Waals surface area contributed by atoms with Crippen LogP contribution in [0.3, 0.4) is 0 Å². The third-order valence-electron chi connectivity index (χ3n) is 4.60. The van der Waals surface area contributed by atoms with Crippen molar-refractivity contribution in [3.8, 4) is 5.75 Å². The van der Waals surface area contributed by atoms with Gasteiger partial charge in [-0.1, -0.05) is 30.3 Å². The lowest BCUT2D eigenvalue weighted by Crippen LogP contribution is -2.50. The molecule has 0 atom stereocenters. The Morgan fingerprint density at radius 1 is 0.962 bits per heavy atom. The molecule has 2 heterocycles. The zero-order valence-corrected chi connectivity index (χ0v) is 14.4. The van der Waals surface area contributed by atoms with E-state index in [1.54, 1.807) is 6.20 Å². The summed E-state index contributed by atoms with van der Waals surface area (Å²) in [7, 11) is 0. The zero-order valence-electron chi connectivity index (χ0n) is 14.4. The van der Waals surface area contributed by atoms with Crippen LogP contribution in [0.2, 0.25) is 0 Å². The van der Waals surface area contributed by atoms with E-state index in [4.69, 9.17) is 4.74 Å². The summed E-state index contributed by atoms with van der Waals surface area (Å²) in [5, 5.41) is 10.3. The number of rotatable bonds is 4. The van der Waals surface area contributed by atoms with Crippen molar-refractivity contribution in [2.45, 2.75) is 0 Å². The summed E-state index contributed by atoms with van der Waals surface area (Å²) in [6, 6.07) is 17.8. The van der Waals surface area contributed by atoms with E-state index in [0.717, 1.165) is 35.4 Å². The number of ether oxygens (including phenoxy) is 1. The Morgan fingerprint density at radius 2 is 1.77 bits per heavy atom. The first-order chi connectivity index (χ1) is 12.8. The number of amides is 1. The molecule has 6 heteroatoms. The zero-order chi connectivity index (χ0) is 17.8. The molecular formula is C20H20N4O2. The van der Waals surface area contributed by atoms with Crippen molar-refractivity contribution < 1.29 is 9.53 Å². The Morgan fingerprint density at radius 3 is 2.54 bits per heavy atom. The van der Waals surface area contributed by atoms with Crippen LogP contribution >= 0.6 is 0 Å². The lowest BCUT2D eigenvalue weighted by molar-refractivity contribution is -0.133. The highest BCUT2D eigenvalue weighted by molar-refractivity contribution is 5.84. The standard InChI is InChI=1S/C20H20N4O2/c25-20(15-26-18-8-7-16-4-1-2-5-17(16)14-18)24-12-10-23(11-13-24)19-6-3-9-21-22-19/h1-9,14H,10-13,15H2. The van der Waals surface area contributed by atoms with Crippen LogP contribution in [0.25, 0.3) is 10.8 Å². The SMILES string of the molecule is O=C(COc1ccc2ccccc2c1)N1CCN(c2cccnn2)CC1. The normalized spacial score (nSPS) is 14.5. The van der Waals surface area contributed by atoms with E-state index in [-0.39, 0.29) is 12.5 Å². The van der Waals surface area contributed by atoms with Crippen molar-refractivity contribution in [3.05, 3.63) is 60.8 Å². The molecule has 2 aromatic carbocycles. The molecule has 132 valence electrons. The van der Waals surface area contributed by atoms with Gasteiger partial charge in [0.1, 0.15) is 5.75 Å². The summed E-state index contributed by atoms with van der Waals surface area (Å²) in [6.07, 6.45) is 1.66. The van der Waals surface area contributed by atoms with Gasteiger partial charge in [0.25, 0.3) is 5.91 Å². The van der Waals surface area contributed by atoms with Crippen LogP contribution in [0.4, 0.5) is 5.82 Å². The molecule has 1 aliphatic rings. The van der Waals surface area contributed by atoms with Crippen LogP contribution in [0.5, 0.6) is 5.75 Å². The molecule has 0 saturated carbocycles. The van der Waals surface area contributed by atoms with Crippen molar-refractivity contribution >= 4 is 22.5 Å². The fourth-order valence-corrected chi connectivity index (χ4v) is 3.14. The Kier molecular flexibility index (Phi) is 4.64.